The molecular weight excluding hydrogens is 120 g/mol. The van der Waals surface area contributed by atoms with Gasteiger partial charge >= 0.3 is 0 Å². The lowest BCUT2D eigenvalue weighted by Crippen LogP contribution is -1.73. The quantitative estimate of drug-likeness (QED) is 0.521. The van der Waals surface area contributed by atoms with Gasteiger partial charge in [-0.2, -0.15) is 0 Å². The van der Waals surface area contributed by atoms with E-state index in [9.17, 15) is 0 Å². The molecule has 0 bridgehead atoms. The molecule has 0 fully saturated rings. The Morgan fingerprint density at radius 3 is 2.40 bits per heavy atom. The topological polar surface area (TPSA) is 0 Å². The Morgan fingerprint density at radius 2 is 2.00 bits per heavy atom. The molecule has 0 heterocycles. The van der Waals surface area contributed by atoms with Crippen LogP contribution >= 0.6 is 0 Å². The first-order valence-electron chi connectivity index (χ1n) is 3.67. The van der Waals surface area contributed by atoms with Crippen LogP contribution in [0.3, 0.4) is 0 Å². The van der Waals surface area contributed by atoms with Crippen molar-refractivity contribution in [3.63, 3.8) is 0 Å². The molecule has 0 aromatic rings. The fourth-order valence-electron chi connectivity index (χ4n) is 0.491. The monoisotopic (exact) mass is 136 g/mol. The van der Waals surface area contributed by atoms with Crippen molar-refractivity contribution in [3.8, 4) is 0 Å². The number of hydrogen-bond acceptors (Lipinski definition) is 0. The molecule has 0 aromatic carbocycles. The van der Waals surface area contributed by atoms with E-state index in [0.29, 0.717) is 0 Å². The average Bonchev–Trinajstić information content (AvgIpc) is 1.88. The first-order chi connectivity index (χ1) is 4.68. The first-order valence-corrected chi connectivity index (χ1v) is 3.67. The summed E-state index contributed by atoms with van der Waals surface area (Å²) in [6.07, 6.45) is 7.39. The van der Waals surface area contributed by atoms with Crippen LogP contribution in [0.1, 0.15) is 27.2 Å². The third kappa shape index (κ3) is 4.13. The molecule has 56 valence electrons. The van der Waals surface area contributed by atoms with Crippen LogP contribution in [0.15, 0.2) is 36.0 Å². The Labute approximate surface area is 64.0 Å². The van der Waals surface area contributed by atoms with Gasteiger partial charge in [0.1, 0.15) is 0 Å². The predicted octanol–water partition coefficient (Wildman–Crippen LogP) is 3.48. The highest BCUT2D eigenvalue weighted by Gasteiger charge is 1.83. The average molecular weight is 136 g/mol. The molecule has 0 heteroatoms. The molecule has 0 nitrogen and oxygen atoms in total. The maximum Gasteiger partial charge on any atom is -0.0376 e. The fraction of sp³-hybridized carbons (Fsp3) is 0.400. The van der Waals surface area contributed by atoms with Gasteiger partial charge in [-0.25, -0.2) is 0 Å². The molecule has 0 radical (unpaired) electrons. The number of rotatable bonds is 3. The summed E-state index contributed by atoms with van der Waals surface area (Å²) in [4.78, 5) is 0. The summed E-state index contributed by atoms with van der Waals surface area (Å²) >= 11 is 0. The van der Waals surface area contributed by atoms with Crippen LogP contribution in [-0.2, 0) is 0 Å². The minimum Gasteiger partial charge on any atom is -0.0958 e. The molecule has 0 aliphatic carbocycles. The van der Waals surface area contributed by atoms with Gasteiger partial charge < -0.3 is 0 Å². The lowest BCUT2D eigenvalue weighted by atomic mass is 10.1. The minimum atomic E-state index is 1.10. The van der Waals surface area contributed by atoms with Crippen molar-refractivity contribution in [1.29, 1.82) is 0 Å². The smallest absolute Gasteiger partial charge is 0.0376 e. The van der Waals surface area contributed by atoms with E-state index in [4.69, 9.17) is 0 Å². The second kappa shape index (κ2) is 5.04. The molecule has 0 saturated carbocycles. The molecule has 0 rings (SSSR count). The Balaban J connectivity index is 3.92. The van der Waals surface area contributed by atoms with E-state index >= 15 is 0 Å². The molecule has 10 heavy (non-hydrogen) atoms. The van der Waals surface area contributed by atoms with Gasteiger partial charge in [-0.3, -0.25) is 0 Å². The van der Waals surface area contributed by atoms with Crippen molar-refractivity contribution < 1.29 is 0 Å². The summed E-state index contributed by atoms with van der Waals surface area (Å²) in [5.74, 6) is 0. The molecule has 0 unspecified atom stereocenters. The summed E-state index contributed by atoms with van der Waals surface area (Å²) in [6, 6.07) is 0. The molecule has 0 spiro atoms. The second-order valence-corrected chi connectivity index (χ2v) is 2.47. The van der Waals surface area contributed by atoms with Crippen molar-refractivity contribution in [2.75, 3.05) is 0 Å². The summed E-state index contributed by atoms with van der Waals surface area (Å²) in [5, 5.41) is 0. The second-order valence-electron chi connectivity index (χ2n) is 2.47. The number of allylic oxidation sites excluding steroid dienone is 5. The minimum absolute atomic E-state index is 1.10. The van der Waals surface area contributed by atoms with Gasteiger partial charge in [0.25, 0.3) is 0 Å². The van der Waals surface area contributed by atoms with Gasteiger partial charge in [-0.1, -0.05) is 37.3 Å². The first kappa shape index (κ1) is 9.22. The zero-order chi connectivity index (χ0) is 7.98. The SMILES string of the molecule is C=C(C)/C(C)=C\C=C\CC. The lowest BCUT2D eigenvalue weighted by molar-refractivity contribution is 1.22. The Hall–Kier alpha value is -0.780. The Kier molecular flexibility index (Phi) is 4.65. The van der Waals surface area contributed by atoms with Crippen LogP contribution < -0.4 is 0 Å². The van der Waals surface area contributed by atoms with Crippen molar-refractivity contribution in [1.82, 2.24) is 0 Å². The number of hydrogen-bond donors (Lipinski definition) is 0. The third-order valence-corrected chi connectivity index (χ3v) is 1.39. The molecule has 0 N–H and O–H groups in total. The highest BCUT2D eigenvalue weighted by Crippen LogP contribution is 2.04. The lowest BCUT2D eigenvalue weighted by Gasteiger charge is -1.93. The summed E-state index contributed by atoms with van der Waals surface area (Å²) in [6.45, 7) is 10.0. The van der Waals surface area contributed by atoms with Gasteiger partial charge in [0, 0.05) is 0 Å². The zero-order valence-electron chi connectivity index (χ0n) is 7.15. The maximum absolute atomic E-state index is 3.83. The van der Waals surface area contributed by atoms with Crippen molar-refractivity contribution >= 4 is 0 Å². The van der Waals surface area contributed by atoms with E-state index < -0.39 is 0 Å². The summed E-state index contributed by atoms with van der Waals surface area (Å²) in [5.41, 5.74) is 2.39. The van der Waals surface area contributed by atoms with E-state index in [-0.39, 0.29) is 0 Å². The summed E-state index contributed by atoms with van der Waals surface area (Å²) < 4.78 is 0. The van der Waals surface area contributed by atoms with Crippen LogP contribution in [0.5, 0.6) is 0 Å². The standard InChI is InChI=1S/C10H16/c1-5-6-7-8-10(4)9(2)3/h6-8H,2,5H2,1,3-4H3/b7-6+,10-8-. The molecule has 0 saturated heterocycles. The molecule has 0 amide bonds. The van der Waals surface area contributed by atoms with E-state index in [0.717, 1.165) is 12.0 Å². The predicted molar refractivity (Wildman–Crippen MR) is 48.0 cm³/mol. The van der Waals surface area contributed by atoms with E-state index in [1.165, 1.54) is 5.57 Å². The van der Waals surface area contributed by atoms with Gasteiger partial charge in [0.05, 0.1) is 0 Å². The highest BCUT2D eigenvalue weighted by molar-refractivity contribution is 5.27. The van der Waals surface area contributed by atoms with Crippen molar-refractivity contribution in [2.45, 2.75) is 27.2 Å². The molecular formula is C10H16. The van der Waals surface area contributed by atoms with E-state index in [2.05, 4.69) is 38.7 Å². The van der Waals surface area contributed by atoms with Crippen LogP contribution in [0, 0.1) is 0 Å². The van der Waals surface area contributed by atoms with Gasteiger partial charge in [-0.15, -0.1) is 0 Å². The van der Waals surface area contributed by atoms with Crippen LogP contribution in [0.25, 0.3) is 0 Å². The molecule has 0 aliphatic heterocycles. The molecule has 0 aromatic heterocycles. The normalized spacial score (nSPS) is 12.5. The van der Waals surface area contributed by atoms with E-state index in [1.807, 2.05) is 6.92 Å². The van der Waals surface area contributed by atoms with Crippen molar-refractivity contribution in [3.05, 3.63) is 36.0 Å². The molecule has 0 aliphatic rings. The highest BCUT2D eigenvalue weighted by atomic mass is 13.9. The van der Waals surface area contributed by atoms with Crippen LogP contribution in [0.2, 0.25) is 0 Å². The van der Waals surface area contributed by atoms with Crippen LogP contribution in [0.4, 0.5) is 0 Å². The van der Waals surface area contributed by atoms with Gasteiger partial charge in [0.2, 0.25) is 0 Å². The molecule has 0 atom stereocenters. The maximum atomic E-state index is 3.83. The third-order valence-electron chi connectivity index (χ3n) is 1.39. The Bertz CT molecular complexity index is 159. The summed E-state index contributed by atoms with van der Waals surface area (Å²) in [7, 11) is 0. The van der Waals surface area contributed by atoms with Gasteiger partial charge in [-0.05, 0) is 25.8 Å². The fourth-order valence-corrected chi connectivity index (χ4v) is 0.491. The van der Waals surface area contributed by atoms with E-state index in [1.54, 1.807) is 0 Å². The zero-order valence-corrected chi connectivity index (χ0v) is 7.15. The largest absolute Gasteiger partial charge is 0.0958 e. The van der Waals surface area contributed by atoms with Gasteiger partial charge in [0.15, 0.2) is 0 Å². The van der Waals surface area contributed by atoms with Crippen molar-refractivity contribution in [2.24, 2.45) is 0 Å². The Morgan fingerprint density at radius 1 is 1.40 bits per heavy atom. The van der Waals surface area contributed by atoms with Crippen LogP contribution in [-0.4, -0.2) is 0 Å².